The third-order valence-corrected chi connectivity index (χ3v) is 6.35. The molecule has 0 amide bonds. The Morgan fingerprint density at radius 2 is 2.03 bits per heavy atom. The van der Waals surface area contributed by atoms with Gasteiger partial charge in [0.05, 0.1) is 24.9 Å². The smallest absolute Gasteiger partial charge is 0.142 e. The van der Waals surface area contributed by atoms with E-state index in [1.165, 1.54) is 5.56 Å². The molecule has 2 atom stereocenters. The molecule has 0 radical (unpaired) electrons. The first-order chi connectivity index (χ1) is 14.2. The number of hydrogen-bond acceptors (Lipinski definition) is 6. The summed E-state index contributed by atoms with van der Waals surface area (Å²) in [5, 5.41) is 15.0. The van der Waals surface area contributed by atoms with Crippen LogP contribution in [0.2, 0.25) is 0 Å². The van der Waals surface area contributed by atoms with E-state index in [0.717, 1.165) is 41.2 Å². The van der Waals surface area contributed by atoms with Crippen molar-refractivity contribution in [2.45, 2.75) is 18.6 Å². The number of thioether (sulfide) groups is 1. The summed E-state index contributed by atoms with van der Waals surface area (Å²) >= 11 is 1.59. The number of benzene rings is 2. The third-order valence-electron chi connectivity index (χ3n) is 5.28. The van der Waals surface area contributed by atoms with Crippen molar-refractivity contribution < 1.29 is 9.47 Å². The maximum absolute atomic E-state index is 9.83. The van der Waals surface area contributed by atoms with Crippen molar-refractivity contribution >= 4 is 23.0 Å². The fraction of sp³-hybridized carbons (Fsp3) is 0.348. The van der Waals surface area contributed by atoms with Crippen LogP contribution in [-0.4, -0.2) is 32.7 Å². The molecular formula is C23H25N3O2S. The lowest BCUT2D eigenvalue weighted by atomic mass is 9.94. The highest BCUT2D eigenvalue weighted by Crippen LogP contribution is 2.44. The standard InChI is InChI=1S/C23H25N3O2S/c1-25-13-16-3-5-17(6-4-16)14-28-23-19(12-24)20(15-29-23)18-7-8-22-21(11-18)26(2)9-10-27-22/h3-8,11,15,19,23,25H,9-10,13-14H2,1-2H3. The molecule has 0 saturated carbocycles. The summed E-state index contributed by atoms with van der Waals surface area (Å²) in [7, 11) is 4.01. The number of nitrogens with one attached hydrogen (secondary N) is 1. The van der Waals surface area contributed by atoms with Gasteiger partial charge >= 0.3 is 0 Å². The lowest BCUT2D eigenvalue weighted by molar-refractivity contribution is 0.0896. The van der Waals surface area contributed by atoms with E-state index in [4.69, 9.17) is 9.47 Å². The second-order valence-electron chi connectivity index (χ2n) is 7.29. The van der Waals surface area contributed by atoms with Crippen molar-refractivity contribution in [2.75, 3.05) is 32.1 Å². The first-order valence-electron chi connectivity index (χ1n) is 9.77. The van der Waals surface area contributed by atoms with Gasteiger partial charge in [0.2, 0.25) is 0 Å². The van der Waals surface area contributed by atoms with Crippen LogP contribution in [0.3, 0.4) is 0 Å². The highest BCUT2D eigenvalue weighted by atomic mass is 32.2. The summed E-state index contributed by atoms with van der Waals surface area (Å²) in [5.41, 5.74) is 5.31. The van der Waals surface area contributed by atoms with E-state index >= 15 is 0 Å². The van der Waals surface area contributed by atoms with E-state index in [-0.39, 0.29) is 11.4 Å². The summed E-state index contributed by atoms with van der Waals surface area (Å²) < 4.78 is 11.9. The molecule has 2 aromatic rings. The van der Waals surface area contributed by atoms with Crippen LogP contribution in [0.1, 0.15) is 16.7 Å². The minimum Gasteiger partial charge on any atom is -0.490 e. The Kier molecular flexibility index (Phi) is 6.10. The number of nitrogens with zero attached hydrogens (tertiary/aromatic N) is 2. The van der Waals surface area contributed by atoms with Crippen molar-refractivity contribution in [3.8, 4) is 11.8 Å². The van der Waals surface area contributed by atoms with Crippen LogP contribution < -0.4 is 15.0 Å². The zero-order valence-electron chi connectivity index (χ0n) is 16.7. The van der Waals surface area contributed by atoms with Crippen LogP contribution in [0, 0.1) is 17.2 Å². The molecule has 0 saturated heterocycles. The first-order valence-corrected chi connectivity index (χ1v) is 10.7. The van der Waals surface area contributed by atoms with Gasteiger partial charge in [0.15, 0.2) is 0 Å². The van der Waals surface area contributed by atoms with Crippen LogP contribution in [0.15, 0.2) is 47.9 Å². The summed E-state index contributed by atoms with van der Waals surface area (Å²) in [6.07, 6.45) is 0. The molecule has 150 valence electrons. The minimum atomic E-state index is -0.295. The van der Waals surface area contributed by atoms with Gasteiger partial charge in [0, 0.05) is 13.6 Å². The van der Waals surface area contributed by atoms with Crippen LogP contribution in [-0.2, 0) is 17.9 Å². The monoisotopic (exact) mass is 407 g/mol. The molecule has 0 aromatic heterocycles. The Morgan fingerprint density at radius 3 is 2.79 bits per heavy atom. The number of ether oxygens (including phenoxy) is 2. The molecule has 6 heteroatoms. The van der Waals surface area contributed by atoms with Gasteiger partial charge in [-0.05, 0) is 46.9 Å². The van der Waals surface area contributed by atoms with Crippen molar-refractivity contribution in [1.82, 2.24) is 5.32 Å². The van der Waals surface area contributed by atoms with Gasteiger partial charge in [-0.1, -0.05) is 30.3 Å². The van der Waals surface area contributed by atoms with Crippen LogP contribution in [0.5, 0.6) is 5.75 Å². The average Bonchev–Trinajstić information content (AvgIpc) is 3.16. The van der Waals surface area contributed by atoms with Gasteiger partial charge in [-0.25, -0.2) is 0 Å². The Labute approximate surface area is 176 Å². The van der Waals surface area contributed by atoms with Crippen LogP contribution >= 0.6 is 11.8 Å². The van der Waals surface area contributed by atoms with E-state index < -0.39 is 0 Å². The first kappa shape index (κ1) is 19.8. The molecule has 2 heterocycles. The minimum absolute atomic E-state index is 0.197. The molecule has 5 nitrogen and oxygen atoms in total. The lowest BCUT2D eigenvalue weighted by Gasteiger charge is -2.28. The van der Waals surface area contributed by atoms with E-state index in [9.17, 15) is 5.26 Å². The van der Waals surface area contributed by atoms with Gasteiger partial charge in [-0.15, -0.1) is 11.8 Å². The van der Waals surface area contributed by atoms with Crippen LogP contribution in [0.4, 0.5) is 5.69 Å². The Morgan fingerprint density at radius 1 is 1.24 bits per heavy atom. The molecule has 2 aliphatic rings. The average molecular weight is 408 g/mol. The van der Waals surface area contributed by atoms with Crippen molar-refractivity contribution in [2.24, 2.45) is 5.92 Å². The number of rotatable bonds is 6. The van der Waals surface area contributed by atoms with Crippen molar-refractivity contribution in [3.05, 3.63) is 64.6 Å². The van der Waals surface area contributed by atoms with E-state index in [2.05, 4.69) is 59.1 Å². The maximum atomic E-state index is 9.83. The molecule has 0 fully saturated rings. The van der Waals surface area contributed by atoms with Gasteiger partial charge < -0.3 is 19.7 Å². The largest absolute Gasteiger partial charge is 0.490 e. The zero-order chi connectivity index (χ0) is 20.2. The second-order valence-corrected chi connectivity index (χ2v) is 8.27. The Bertz CT molecular complexity index is 936. The third kappa shape index (κ3) is 4.27. The molecule has 2 aliphatic heterocycles. The van der Waals surface area contributed by atoms with Crippen molar-refractivity contribution in [3.63, 3.8) is 0 Å². The van der Waals surface area contributed by atoms with Crippen molar-refractivity contribution in [1.29, 1.82) is 5.26 Å². The predicted octanol–water partition coefficient (Wildman–Crippen LogP) is 4.00. The predicted molar refractivity (Wildman–Crippen MR) is 118 cm³/mol. The summed E-state index contributed by atoms with van der Waals surface area (Å²) in [6.45, 7) is 2.92. The molecule has 2 unspecified atom stereocenters. The van der Waals surface area contributed by atoms with E-state index in [1.54, 1.807) is 11.8 Å². The van der Waals surface area contributed by atoms with Crippen LogP contribution in [0.25, 0.3) is 5.57 Å². The molecule has 2 aromatic carbocycles. The Hall–Kier alpha value is -2.46. The summed E-state index contributed by atoms with van der Waals surface area (Å²) in [6, 6.07) is 17.0. The van der Waals surface area contributed by atoms with Gasteiger partial charge in [-0.2, -0.15) is 5.26 Å². The molecule has 4 rings (SSSR count). The van der Waals surface area contributed by atoms with E-state index in [1.807, 2.05) is 19.2 Å². The fourth-order valence-corrected chi connectivity index (χ4v) is 4.69. The Balaban J connectivity index is 1.44. The van der Waals surface area contributed by atoms with Gasteiger partial charge in [0.1, 0.15) is 23.7 Å². The van der Waals surface area contributed by atoms with Gasteiger partial charge in [-0.3, -0.25) is 0 Å². The maximum Gasteiger partial charge on any atom is 0.142 e. The van der Waals surface area contributed by atoms with Gasteiger partial charge in [0.25, 0.3) is 0 Å². The zero-order valence-corrected chi connectivity index (χ0v) is 17.5. The normalized spacial score (nSPS) is 20.6. The molecule has 0 spiro atoms. The number of likely N-dealkylation sites (N-methyl/N-ethyl adjacent to an activating group) is 1. The second kappa shape index (κ2) is 8.91. The topological polar surface area (TPSA) is 57.5 Å². The molecular weight excluding hydrogens is 382 g/mol. The molecule has 0 bridgehead atoms. The summed E-state index contributed by atoms with van der Waals surface area (Å²) in [5.74, 6) is 0.605. The fourth-order valence-electron chi connectivity index (χ4n) is 3.62. The molecule has 29 heavy (non-hydrogen) atoms. The quantitative estimate of drug-likeness (QED) is 0.781. The SMILES string of the molecule is CNCc1ccc(COC2SC=C(c3ccc4c(c3)N(C)CCO4)C2C#N)cc1. The summed E-state index contributed by atoms with van der Waals surface area (Å²) in [4.78, 5) is 2.19. The number of nitriles is 1. The van der Waals surface area contributed by atoms with E-state index in [0.29, 0.717) is 13.2 Å². The lowest BCUT2D eigenvalue weighted by Crippen LogP contribution is -2.28. The number of hydrogen-bond donors (Lipinski definition) is 1. The highest BCUT2D eigenvalue weighted by Gasteiger charge is 2.33. The molecule has 0 aliphatic carbocycles. The molecule has 1 N–H and O–H groups in total. The number of anilines is 1. The highest BCUT2D eigenvalue weighted by molar-refractivity contribution is 8.03. The number of fused-ring (bicyclic) bond motifs is 1.